The summed E-state index contributed by atoms with van der Waals surface area (Å²) in [5.74, 6) is 0. The molecule has 0 saturated heterocycles. The van der Waals surface area contributed by atoms with Crippen molar-refractivity contribution in [3.8, 4) is 6.07 Å². The summed E-state index contributed by atoms with van der Waals surface area (Å²) in [7, 11) is 0. The maximum absolute atomic E-state index is 9.92. The Morgan fingerprint density at radius 3 is 2.63 bits per heavy atom. The predicted molar refractivity (Wildman–Crippen MR) is 74.6 cm³/mol. The largest absolute Gasteiger partial charge is 0.388 e. The quantitative estimate of drug-likeness (QED) is 0.890. The summed E-state index contributed by atoms with van der Waals surface area (Å²) in [6, 6.07) is 11.6. The van der Waals surface area contributed by atoms with E-state index in [-0.39, 0.29) is 6.10 Å². The maximum atomic E-state index is 9.92. The highest BCUT2D eigenvalue weighted by Gasteiger charge is 2.07. The van der Waals surface area contributed by atoms with Crippen LogP contribution < -0.4 is 0 Å². The van der Waals surface area contributed by atoms with E-state index < -0.39 is 0 Å². The minimum atomic E-state index is -0.368. The van der Waals surface area contributed by atoms with Gasteiger partial charge in [-0.3, -0.25) is 0 Å². The standard InChI is InChI=1S/C16H18N2O/c1-2-3-16(19)15-8-9-18(12-15)11-14-6-4-13(10-17)5-7-14/h4-9,12,16,19H,2-3,11H2,1H3. The van der Waals surface area contributed by atoms with Crippen LogP contribution in [-0.2, 0) is 6.54 Å². The monoisotopic (exact) mass is 254 g/mol. The molecule has 0 spiro atoms. The fraction of sp³-hybridized carbons (Fsp3) is 0.312. The molecule has 0 fully saturated rings. The molecule has 1 aromatic heterocycles. The van der Waals surface area contributed by atoms with Gasteiger partial charge in [-0.15, -0.1) is 0 Å². The molecule has 19 heavy (non-hydrogen) atoms. The fourth-order valence-electron chi connectivity index (χ4n) is 2.09. The summed E-state index contributed by atoms with van der Waals surface area (Å²) in [6.07, 6.45) is 5.36. The number of aliphatic hydroxyl groups is 1. The van der Waals surface area contributed by atoms with Gasteiger partial charge in [0.1, 0.15) is 0 Å². The Balaban J connectivity index is 2.05. The van der Waals surface area contributed by atoms with Crippen LogP contribution in [-0.4, -0.2) is 9.67 Å². The third kappa shape index (κ3) is 3.46. The number of nitrogens with zero attached hydrogens (tertiary/aromatic N) is 2. The lowest BCUT2D eigenvalue weighted by atomic mass is 10.1. The van der Waals surface area contributed by atoms with E-state index in [1.54, 1.807) is 0 Å². The van der Waals surface area contributed by atoms with Crippen LogP contribution in [0, 0.1) is 11.3 Å². The Morgan fingerprint density at radius 1 is 1.26 bits per heavy atom. The Kier molecular flexibility index (Phi) is 4.38. The zero-order valence-corrected chi connectivity index (χ0v) is 11.1. The number of rotatable bonds is 5. The summed E-state index contributed by atoms with van der Waals surface area (Å²) in [4.78, 5) is 0. The molecule has 0 aliphatic rings. The van der Waals surface area contributed by atoms with Gasteiger partial charge in [-0.2, -0.15) is 5.26 Å². The van der Waals surface area contributed by atoms with Crippen LogP contribution in [0.25, 0.3) is 0 Å². The smallest absolute Gasteiger partial charge is 0.0991 e. The highest BCUT2D eigenvalue weighted by molar-refractivity contribution is 5.31. The van der Waals surface area contributed by atoms with Crippen molar-refractivity contribution in [2.45, 2.75) is 32.4 Å². The van der Waals surface area contributed by atoms with Crippen LogP contribution in [0.1, 0.15) is 42.6 Å². The van der Waals surface area contributed by atoms with Gasteiger partial charge in [0, 0.05) is 18.9 Å². The minimum Gasteiger partial charge on any atom is -0.388 e. The Labute approximate surface area is 113 Å². The molecular weight excluding hydrogens is 236 g/mol. The number of benzene rings is 1. The Hall–Kier alpha value is -2.05. The van der Waals surface area contributed by atoms with Crippen LogP contribution in [0.15, 0.2) is 42.7 Å². The van der Waals surface area contributed by atoms with Gasteiger partial charge in [-0.05, 0) is 35.7 Å². The van der Waals surface area contributed by atoms with E-state index in [2.05, 4.69) is 17.6 Å². The van der Waals surface area contributed by atoms with Crippen LogP contribution in [0.4, 0.5) is 0 Å². The molecule has 2 rings (SSSR count). The van der Waals surface area contributed by atoms with Gasteiger partial charge in [-0.25, -0.2) is 0 Å². The number of aromatic nitrogens is 1. The molecule has 3 heteroatoms. The third-order valence-corrected chi connectivity index (χ3v) is 3.17. The van der Waals surface area contributed by atoms with Crippen molar-refractivity contribution in [1.82, 2.24) is 4.57 Å². The molecule has 2 aromatic rings. The second kappa shape index (κ2) is 6.21. The SMILES string of the molecule is CCCC(O)c1ccn(Cc2ccc(C#N)cc2)c1. The van der Waals surface area contributed by atoms with Crippen molar-refractivity contribution < 1.29 is 5.11 Å². The van der Waals surface area contributed by atoms with E-state index in [1.807, 2.05) is 42.7 Å². The average molecular weight is 254 g/mol. The highest BCUT2D eigenvalue weighted by atomic mass is 16.3. The fourth-order valence-corrected chi connectivity index (χ4v) is 2.09. The highest BCUT2D eigenvalue weighted by Crippen LogP contribution is 2.19. The van der Waals surface area contributed by atoms with Gasteiger partial charge in [0.15, 0.2) is 0 Å². The first-order valence-corrected chi connectivity index (χ1v) is 6.55. The average Bonchev–Trinajstić information content (AvgIpc) is 2.88. The van der Waals surface area contributed by atoms with Crippen molar-refractivity contribution in [3.63, 3.8) is 0 Å². The molecule has 0 aliphatic carbocycles. The number of aliphatic hydroxyl groups excluding tert-OH is 1. The van der Waals surface area contributed by atoms with Crippen molar-refractivity contribution in [2.24, 2.45) is 0 Å². The van der Waals surface area contributed by atoms with Crippen molar-refractivity contribution >= 4 is 0 Å². The Morgan fingerprint density at radius 2 is 2.00 bits per heavy atom. The zero-order valence-electron chi connectivity index (χ0n) is 11.1. The predicted octanol–water partition coefficient (Wildman–Crippen LogP) is 3.24. The van der Waals surface area contributed by atoms with E-state index in [1.165, 1.54) is 0 Å². The number of nitriles is 1. The molecule has 0 radical (unpaired) electrons. The Bertz CT molecular complexity index is 563. The first-order valence-electron chi connectivity index (χ1n) is 6.55. The molecule has 0 aliphatic heterocycles. The number of hydrogen-bond donors (Lipinski definition) is 1. The van der Waals surface area contributed by atoms with Gasteiger partial charge >= 0.3 is 0 Å². The van der Waals surface area contributed by atoms with E-state index in [0.29, 0.717) is 5.56 Å². The molecule has 1 atom stereocenters. The molecule has 98 valence electrons. The third-order valence-electron chi connectivity index (χ3n) is 3.17. The van der Waals surface area contributed by atoms with E-state index in [9.17, 15) is 5.11 Å². The topological polar surface area (TPSA) is 49.0 Å². The van der Waals surface area contributed by atoms with Crippen LogP contribution in [0.2, 0.25) is 0 Å². The molecule has 1 aromatic carbocycles. The first kappa shape index (κ1) is 13.4. The summed E-state index contributed by atoms with van der Waals surface area (Å²) in [5.41, 5.74) is 2.79. The summed E-state index contributed by atoms with van der Waals surface area (Å²) >= 11 is 0. The second-order valence-corrected chi connectivity index (χ2v) is 4.73. The lowest BCUT2D eigenvalue weighted by Crippen LogP contribution is -1.98. The summed E-state index contributed by atoms with van der Waals surface area (Å²) in [6.45, 7) is 2.82. The lowest BCUT2D eigenvalue weighted by Gasteiger charge is -2.07. The van der Waals surface area contributed by atoms with Gasteiger partial charge < -0.3 is 9.67 Å². The summed E-state index contributed by atoms with van der Waals surface area (Å²) in [5, 5.41) is 18.7. The van der Waals surface area contributed by atoms with Gasteiger partial charge in [0.25, 0.3) is 0 Å². The molecule has 1 heterocycles. The molecule has 0 saturated carbocycles. The van der Waals surface area contributed by atoms with Gasteiger partial charge in [0.05, 0.1) is 17.7 Å². The molecule has 1 N–H and O–H groups in total. The molecule has 3 nitrogen and oxygen atoms in total. The summed E-state index contributed by atoms with van der Waals surface area (Å²) < 4.78 is 2.05. The van der Waals surface area contributed by atoms with Crippen molar-refractivity contribution in [2.75, 3.05) is 0 Å². The lowest BCUT2D eigenvalue weighted by molar-refractivity contribution is 0.166. The minimum absolute atomic E-state index is 0.368. The van der Waals surface area contributed by atoms with E-state index in [4.69, 9.17) is 5.26 Å². The van der Waals surface area contributed by atoms with Gasteiger partial charge in [0.2, 0.25) is 0 Å². The van der Waals surface area contributed by atoms with Crippen LogP contribution >= 0.6 is 0 Å². The second-order valence-electron chi connectivity index (χ2n) is 4.73. The number of hydrogen-bond acceptors (Lipinski definition) is 2. The van der Waals surface area contributed by atoms with Crippen LogP contribution in [0.5, 0.6) is 0 Å². The van der Waals surface area contributed by atoms with Crippen LogP contribution in [0.3, 0.4) is 0 Å². The maximum Gasteiger partial charge on any atom is 0.0991 e. The van der Waals surface area contributed by atoms with E-state index >= 15 is 0 Å². The zero-order chi connectivity index (χ0) is 13.7. The normalized spacial score (nSPS) is 12.1. The first-order chi connectivity index (χ1) is 9.22. The van der Waals surface area contributed by atoms with E-state index in [0.717, 1.165) is 30.5 Å². The van der Waals surface area contributed by atoms with Crippen molar-refractivity contribution in [3.05, 3.63) is 59.4 Å². The van der Waals surface area contributed by atoms with Crippen molar-refractivity contribution in [1.29, 1.82) is 5.26 Å². The molecule has 1 unspecified atom stereocenters. The molecule has 0 bridgehead atoms. The van der Waals surface area contributed by atoms with Gasteiger partial charge in [-0.1, -0.05) is 25.5 Å². The molecular formula is C16H18N2O. The molecule has 0 amide bonds.